The first-order valence-electron chi connectivity index (χ1n) is 10.6. The van der Waals surface area contributed by atoms with Gasteiger partial charge in [-0.15, -0.1) is 0 Å². The highest BCUT2D eigenvalue weighted by Gasteiger charge is 2.39. The van der Waals surface area contributed by atoms with Crippen LogP contribution < -0.4 is 4.74 Å². The van der Waals surface area contributed by atoms with E-state index in [-0.39, 0.29) is 16.7 Å². The molecular formula is C25H24N2O4. The van der Waals surface area contributed by atoms with E-state index < -0.39 is 5.60 Å². The van der Waals surface area contributed by atoms with Crippen LogP contribution in [0.5, 0.6) is 5.75 Å². The summed E-state index contributed by atoms with van der Waals surface area (Å²) < 4.78 is 6.04. The number of nitro benzene ring substituents is 1. The van der Waals surface area contributed by atoms with E-state index in [9.17, 15) is 15.2 Å². The molecule has 6 nitrogen and oxygen atoms in total. The van der Waals surface area contributed by atoms with E-state index in [1.807, 2.05) is 48.5 Å². The molecule has 1 atom stereocenters. The number of non-ortho nitro benzene ring substituents is 1. The number of aliphatic hydroxyl groups is 1. The van der Waals surface area contributed by atoms with Gasteiger partial charge in [-0.3, -0.25) is 15.0 Å². The molecule has 2 aliphatic heterocycles. The molecule has 1 unspecified atom stereocenters. The molecule has 0 saturated carbocycles. The summed E-state index contributed by atoms with van der Waals surface area (Å²) in [6.07, 6.45) is 1.20. The molecule has 0 aliphatic carbocycles. The van der Waals surface area contributed by atoms with Gasteiger partial charge in [0.15, 0.2) is 0 Å². The summed E-state index contributed by atoms with van der Waals surface area (Å²) in [7, 11) is 0. The first-order valence-corrected chi connectivity index (χ1v) is 10.6. The third kappa shape index (κ3) is 3.58. The Morgan fingerprint density at radius 3 is 2.42 bits per heavy atom. The van der Waals surface area contributed by atoms with E-state index in [0.717, 1.165) is 22.3 Å². The van der Waals surface area contributed by atoms with Crippen molar-refractivity contribution in [3.8, 4) is 5.75 Å². The molecule has 0 aromatic heterocycles. The van der Waals surface area contributed by atoms with Crippen molar-refractivity contribution in [1.29, 1.82) is 0 Å². The molecule has 6 heteroatoms. The van der Waals surface area contributed by atoms with Crippen molar-refractivity contribution >= 4 is 5.69 Å². The summed E-state index contributed by atoms with van der Waals surface area (Å²) in [5, 5.41) is 22.7. The molecule has 2 heterocycles. The summed E-state index contributed by atoms with van der Waals surface area (Å²) in [6, 6.07) is 22.6. The summed E-state index contributed by atoms with van der Waals surface area (Å²) in [4.78, 5) is 13.4. The molecule has 2 aliphatic rings. The Kier molecular flexibility index (Phi) is 4.96. The van der Waals surface area contributed by atoms with Gasteiger partial charge in [-0.1, -0.05) is 54.6 Å². The fraction of sp³-hybridized carbons (Fsp3) is 0.280. The van der Waals surface area contributed by atoms with Gasteiger partial charge in [0.05, 0.1) is 16.6 Å². The summed E-state index contributed by atoms with van der Waals surface area (Å²) in [5.41, 5.74) is 3.13. The number of nitrogens with zero attached hydrogens (tertiary/aromatic N) is 2. The number of likely N-dealkylation sites (tertiary alicyclic amines) is 1. The predicted octanol–water partition coefficient (Wildman–Crippen LogP) is 4.56. The molecule has 5 rings (SSSR count). The molecule has 3 aromatic rings. The molecule has 0 radical (unpaired) electrons. The molecule has 3 aromatic carbocycles. The third-order valence-electron chi connectivity index (χ3n) is 6.53. The minimum Gasteiger partial charge on any atom is -0.489 e. The Balaban J connectivity index is 1.53. The van der Waals surface area contributed by atoms with Gasteiger partial charge in [-0.25, -0.2) is 0 Å². The Hall–Kier alpha value is -3.22. The maximum absolute atomic E-state index is 11.5. The van der Waals surface area contributed by atoms with Crippen LogP contribution in [0.4, 0.5) is 5.69 Å². The predicted molar refractivity (Wildman–Crippen MR) is 117 cm³/mol. The number of piperidine rings is 1. The number of benzene rings is 3. The quantitative estimate of drug-likeness (QED) is 0.500. The zero-order valence-corrected chi connectivity index (χ0v) is 17.1. The van der Waals surface area contributed by atoms with E-state index in [4.69, 9.17) is 4.74 Å². The second-order valence-corrected chi connectivity index (χ2v) is 8.30. The maximum Gasteiger partial charge on any atom is 0.270 e. The fourth-order valence-corrected chi connectivity index (χ4v) is 4.83. The van der Waals surface area contributed by atoms with Gasteiger partial charge in [0.1, 0.15) is 12.4 Å². The summed E-state index contributed by atoms with van der Waals surface area (Å²) >= 11 is 0. The van der Waals surface area contributed by atoms with E-state index in [2.05, 4.69) is 11.0 Å². The zero-order valence-electron chi connectivity index (χ0n) is 17.1. The molecule has 0 amide bonds. The van der Waals surface area contributed by atoms with Crippen molar-refractivity contribution in [3.05, 3.63) is 105 Å². The van der Waals surface area contributed by atoms with Crippen LogP contribution in [0.1, 0.15) is 41.1 Å². The second-order valence-electron chi connectivity index (χ2n) is 8.30. The lowest BCUT2D eigenvalue weighted by molar-refractivity contribution is -0.385. The number of hydrogen-bond acceptors (Lipinski definition) is 5. The van der Waals surface area contributed by atoms with Crippen LogP contribution in [0.2, 0.25) is 0 Å². The summed E-state index contributed by atoms with van der Waals surface area (Å²) in [6.45, 7) is 1.78. The molecular weight excluding hydrogens is 392 g/mol. The van der Waals surface area contributed by atoms with Crippen LogP contribution in [0.3, 0.4) is 0 Å². The number of nitro groups is 1. The molecule has 0 bridgehead atoms. The second kappa shape index (κ2) is 7.80. The van der Waals surface area contributed by atoms with E-state index >= 15 is 0 Å². The Bertz CT molecular complexity index is 1110. The lowest BCUT2D eigenvalue weighted by atomic mass is 9.82. The smallest absolute Gasteiger partial charge is 0.270 e. The lowest BCUT2D eigenvalue weighted by Gasteiger charge is -2.42. The highest BCUT2D eigenvalue weighted by Crippen LogP contribution is 2.44. The van der Waals surface area contributed by atoms with Gasteiger partial charge in [0, 0.05) is 30.8 Å². The zero-order chi connectivity index (χ0) is 21.4. The Labute approximate surface area is 180 Å². The van der Waals surface area contributed by atoms with Crippen LogP contribution in [-0.2, 0) is 12.2 Å². The standard InChI is InChI=1S/C25H24N2O4/c28-25(19-7-2-1-3-8-19)12-14-26(15-13-25)24-21-9-5-4-6-18(21)17-31-23-11-10-20(27(29)30)16-22(23)24/h1-11,16,24,28H,12-15,17H2. The van der Waals surface area contributed by atoms with Crippen LogP contribution >= 0.6 is 0 Å². The molecule has 31 heavy (non-hydrogen) atoms. The minimum absolute atomic E-state index is 0.0598. The largest absolute Gasteiger partial charge is 0.489 e. The van der Waals surface area contributed by atoms with Crippen LogP contribution in [0.15, 0.2) is 72.8 Å². The average Bonchev–Trinajstić information content (AvgIpc) is 2.97. The molecule has 0 spiro atoms. The Morgan fingerprint density at radius 1 is 0.968 bits per heavy atom. The van der Waals surface area contributed by atoms with E-state index in [1.165, 1.54) is 6.07 Å². The lowest BCUT2D eigenvalue weighted by Crippen LogP contribution is -2.44. The van der Waals surface area contributed by atoms with Crippen LogP contribution in [0.25, 0.3) is 0 Å². The number of ether oxygens (including phenoxy) is 1. The van der Waals surface area contributed by atoms with Crippen molar-refractivity contribution in [2.24, 2.45) is 0 Å². The monoisotopic (exact) mass is 416 g/mol. The normalized spacial score (nSPS) is 20.1. The SMILES string of the molecule is O=[N+]([O-])c1ccc2c(c1)C(N1CCC(O)(c3ccccc3)CC1)c1ccccc1CO2. The highest BCUT2D eigenvalue weighted by atomic mass is 16.6. The summed E-state index contributed by atoms with van der Waals surface area (Å²) in [5.74, 6) is 0.677. The van der Waals surface area contributed by atoms with Gasteiger partial charge in [-0.05, 0) is 35.6 Å². The third-order valence-corrected chi connectivity index (χ3v) is 6.53. The first-order chi connectivity index (χ1) is 15.0. The van der Waals surface area contributed by atoms with Gasteiger partial charge in [0.25, 0.3) is 5.69 Å². The van der Waals surface area contributed by atoms with E-state index in [1.54, 1.807) is 12.1 Å². The number of fused-ring (bicyclic) bond motifs is 2. The van der Waals surface area contributed by atoms with Crippen LogP contribution in [-0.4, -0.2) is 28.0 Å². The van der Waals surface area contributed by atoms with Crippen molar-refractivity contribution in [2.45, 2.75) is 31.1 Å². The van der Waals surface area contributed by atoms with Gasteiger partial charge in [-0.2, -0.15) is 0 Å². The first kappa shape index (κ1) is 19.7. The molecule has 1 N–H and O–H groups in total. The average molecular weight is 416 g/mol. The number of hydrogen-bond donors (Lipinski definition) is 1. The highest BCUT2D eigenvalue weighted by molar-refractivity contribution is 5.51. The van der Waals surface area contributed by atoms with Crippen LogP contribution in [0, 0.1) is 10.1 Å². The van der Waals surface area contributed by atoms with Gasteiger partial charge in [0.2, 0.25) is 0 Å². The topological polar surface area (TPSA) is 75.8 Å². The molecule has 1 fully saturated rings. The van der Waals surface area contributed by atoms with Crippen molar-refractivity contribution in [3.63, 3.8) is 0 Å². The van der Waals surface area contributed by atoms with Crippen molar-refractivity contribution < 1.29 is 14.8 Å². The minimum atomic E-state index is -0.857. The maximum atomic E-state index is 11.5. The van der Waals surface area contributed by atoms with Gasteiger partial charge >= 0.3 is 0 Å². The number of rotatable bonds is 3. The Morgan fingerprint density at radius 2 is 1.68 bits per heavy atom. The fourth-order valence-electron chi connectivity index (χ4n) is 4.83. The molecule has 158 valence electrons. The van der Waals surface area contributed by atoms with Crippen molar-refractivity contribution in [2.75, 3.05) is 13.1 Å². The molecule has 1 saturated heterocycles. The van der Waals surface area contributed by atoms with E-state index in [0.29, 0.717) is 38.3 Å². The van der Waals surface area contributed by atoms with Gasteiger partial charge < -0.3 is 9.84 Å². The van der Waals surface area contributed by atoms with Crippen molar-refractivity contribution in [1.82, 2.24) is 4.90 Å².